The van der Waals surface area contributed by atoms with Crippen LogP contribution in [0.3, 0.4) is 0 Å². The number of aryl methyl sites for hydroxylation is 1. The highest BCUT2D eigenvalue weighted by molar-refractivity contribution is 7.89. The number of sulfonamides is 1. The highest BCUT2D eigenvalue weighted by Gasteiger charge is 2.23. The number of hydrogen-bond donors (Lipinski definition) is 1. The molecule has 0 aliphatic carbocycles. The van der Waals surface area contributed by atoms with E-state index in [1.807, 2.05) is 0 Å². The summed E-state index contributed by atoms with van der Waals surface area (Å²) in [6.45, 7) is 2.09. The van der Waals surface area contributed by atoms with Gasteiger partial charge in [0, 0.05) is 7.11 Å². The summed E-state index contributed by atoms with van der Waals surface area (Å²) in [6, 6.07) is 4.55. The molecule has 0 saturated carbocycles. The van der Waals surface area contributed by atoms with Crippen molar-refractivity contribution in [2.75, 3.05) is 13.7 Å². The third-order valence-corrected chi connectivity index (χ3v) is 3.67. The lowest BCUT2D eigenvalue weighted by atomic mass is 10.1. The predicted molar refractivity (Wildman–Crippen MR) is 73.4 cm³/mol. The Kier molecular flexibility index (Phi) is 4.35. The molecule has 2 aromatic rings. The lowest BCUT2D eigenvalue weighted by Crippen LogP contribution is -2.20. The highest BCUT2D eigenvalue weighted by atomic mass is 32.2. The van der Waals surface area contributed by atoms with Crippen LogP contribution in [0.25, 0.3) is 11.4 Å². The van der Waals surface area contributed by atoms with E-state index in [1.165, 1.54) is 23.8 Å². The zero-order chi connectivity index (χ0) is 15.6. The Morgan fingerprint density at radius 3 is 2.67 bits per heavy atom. The van der Waals surface area contributed by atoms with Crippen molar-refractivity contribution in [2.45, 2.75) is 18.6 Å². The fourth-order valence-corrected chi connectivity index (χ4v) is 2.52. The van der Waals surface area contributed by atoms with Crippen LogP contribution in [-0.4, -0.2) is 36.9 Å². The Balaban J connectivity index is 2.60. The fraction of sp³-hybridized carbons (Fsp3) is 0.333. The second-order valence-corrected chi connectivity index (χ2v) is 5.93. The minimum absolute atomic E-state index is 0.0913. The molecular weight excluding hydrogens is 299 g/mol. The molecule has 0 aliphatic heterocycles. The number of nitrogens with two attached hydrogens (primary N) is 1. The van der Waals surface area contributed by atoms with E-state index in [-0.39, 0.29) is 24.5 Å². The summed E-state index contributed by atoms with van der Waals surface area (Å²) < 4.78 is 43.2. The van der Waals surface area contributed by atoms with Gasteiger partial charge in [0.2, 0.25) is 0 Å². The maximum absolute atomic E-state index is 14.1. The van der Waals surface area contributed by atoms with Crippen LogP contribution in [0.2, 0.25) is 0 Å². The standard InChI is InChI=1S/C12H15FN4O3S/c1-8-3-4-9(10(13)7-8)11-15-16-12(21(14,18)19)17(11)5-6-20-2/h3-4,7H,5-6H2,1-2H3,(H2,14,18,19). The van der Waals surface area contributed by atoms with Crippen LogP contribution >= 0.6 is 0 Å². The summed E-state index contributed by atoms with van der Waals surface area (Å²) in [4.78, 5) is 0. The average Bonchev–Trinajstić information content (AvgIpc) is 2.79. The number of methoxy groups -OCH3 is 1. The van der Waals surface area contributed by atoms with E-state index >= 15 is 0 Å². The Bertz CT molecular complexity index is 758. The van der Waals surface area contributed by atoms with E-state index in [4.69, 9.17) is 9.88 Å². The summed E-state index contributed by atoms with van der Waals surface area (Å²) in [6.07, 6.45) is 0. The summed E-state index contributed by atoms with van der Waals surface area (Å²) in [5, 5.41) is 12.0. The van der Waals surface area contributed by atoms with Crippen LogP contribution in [-0.2, 0) is 21.3 Å². The monoisotopic (exact) mass is 314 g/mol. The molecule has 0 fully saturated rings. The van der Waals surface area contributed by atoms with Gasteiger partial charge in [0.25, 0.3) is 15.2 Å². The smallest absolute Gasteiger partial charge is 0.273 e. The molecule has 1 heterocycles. The SMILES string of the molecule is COCCn1c(-c2ccc(C)cc2F)nnc1S(N)(=O)=O. The van der Waals surface area contributed by atoms with Gasteiger partial charge in [-0.3, -0.25) is 4.57 Å². The molecule has 1 aromatic carbocycles. The number of halogens is 1. The van der Waals surface area contributed by atoms with Crippen LogP contribution in [0.5, 0.6) is 0 Å². The molecule has 21 heavy (non-hydrogen) atoms. The molecule has 0 saturated heterocycles. The number of ether oxygens (including phenoxy) is 1. The summed E-state index contributed by atoms with van der Waals surface area (Å²) in [5.74, 6) is -0.421. The molecule has 1 aromatic heterocycles. The Morgan fingerprint density at radius 2 is 2.10 bits per heavy atom. The Morgan fingerprint density at radius 1 is 1.38 bits per heavy atom. The molecule has 0 radical (unpaired) electrons. The van der Waals surface area contributed by atoms with Crippen molar-refractivity contribution in [1.82, 2.24) is 14.8 Å². The van der Waals surface area contributed by atoms with Crippen molar-refractivity contribution in [3.8, 4) is 11.4 Å². The molecular formula is C12H15FN4O3S. The van der Waals surface area contributed by atoms with Crippen LogP contribution < -0.4 is 5.14 Å². The zero-order valence-electron chi connectivity index (χ0n) is 11.6. The Hall–Kier alpha value is -1.84. The van der Waals surface area contributed by atoms with Gasteiger partial charge in [-0.2, -0.15) is 0 Å². The number of primary sulfonamides is 1. The van der Waals surface area contributed by atoms with Gasteiger partial charge < -0.3 is 4.74 Å². The molecule has 9 heteroatoms. The Labute approximate surface area is 121 Å². The predicted octanol–water partition coefficient (Wildman–Crippen LogP) is 0.686. The van der Waals surface area contributed by atoms with Crippen LogP contribution in [0.4, 0.5) is 4.39 Å². The second-order valence-electron chi connectivity index (χ2n) is 4.48. The van der Waals surface area contributed by atoms with E-state index in [2.05, 4.69) is 10.2 Å². The molecule has 114 valence electrons. The first kappa shape index (κ1) is 15.5. The first-order chi connectivity index (χ1) is 9.84. The third-order valence-electron chi connectivity index (χ3n) is 2.86. The van der Waals surface area contributed by atoms with Gasteiger partial charge in [-0.15, -0.1) is 10.2 Å². The molecule has 0 amide bonds. The van der Waals surface area contributed by atoms with Gasteiger partial charge in [0.1, 0.15) is 5.82 Å². The van der Waals surface area contributed by atoms with Gasteiger partial charge in [-0.05, 0) is 24.6 Å². The normalized spacial score (nSPS) is 11.8. The molecule has 0 bridgehead atoms. The minimum Gasteiger partial charge on any atom is -0.383 e. The molecule has 0 unspecified atom stereocenters. The van der Waals surface area contributed by atoms with E-state index in [0.29, 0.717) is 0 Å². The largest absolute Gasteiger partial charge is 0.383 e. The molecule has 2 rings (SSSR count). The number of hydrogen-bond acceptors (Lipinski definition) is 5. The zero-order valence-corrected chi connectivity index (χ0v) is 12.4. The second kappa shape index (κ2) is 5.88. The maximum atomic E-state index is 14.1. The number of nitrogens with zero attached hydrogens (tertiary/aromatic N) is 3. The number of benzene rings is 1. The number of rotatable bonds is 5. The summed E-state index contributed by atoms with van der Waals surface area (Å²) >= 11 is 0. The quantitative estimate of drug-likeness (QED) is 0.875. The average molecular weight is 314 g/mol. The first-order valence-corrected chi connectivity index (χ1v) is 7.60. The summed E-state index contributed by atoms with van der Waals surface area (Å²) in [5.41, 5.74) is 0.893. The fourth-order valence-electron chi connectivity index (χ4n) is 1.88. The van der Waals surface area contributed by atoms with Gasteiger partial charge in [-0.1, -0.05) is 6.07 Å². The molecule has 0 atom stereocenters. The summed E-state index contributed by atoms with van der Waals surface area (Å²) in [7, 11) is -2.60. The van der Waals surface area contributed by atoms with Crippen LogP contribution in [0.15, 0.2) is 23.4 Å². The molecule has 0 aliphatic rings. The van der Waals surface area contributed by atoms with Gasteiger partial charge in [0.05, 0.1) is 18.7 Å². The number of aromatic nitrogens is 3. The first-order valence-electron chi connectivity index (χ1n) is 6.06. The van der Waals surface area contributed by atoms with Gasteiger partial charge in [0.15, 0.2) is 5.82 Å². The lowest BCUT2D eigenvalue weighted by molar-refractivity contribution is 0.185. The minimum atomic E-state index is -4.06. The topological polar surface area (TPSA) is 100 Å². The van der Waals surface area contributed by atoms with E-state index in [9.17, 15) is 12.8 Å². The van der Waals surface area contributed by atoms with Crippen molar-refractivity contribution in [1.29, 1.82) is 0 Å². The van der Waals surface area contributed by atoms with Gasteiger partial charge in [-0.25, -0.2) is 17.9 Å². The van der Waals surface area contributed by atoms with E-state index in [0.717, 1.165) is 5.56 Å². The van der Waals surface area contributed by atoms with Crippen LogP contribution in [0, 0.1) is 12.7 Å². The van der Waals surface area contributed by atoms with Gasteiger partial charge >= 0.3 is 0 Å². The van der Waals surface area contributed by atoms with Crippen molar-refractivity contribution >= 4 is 10.0 Å². The maximum Gasteiger partial charge on any atom is 0.273 e. The van der Waals surface area contributed by atoms with Crippen LogP contribution in [0.1, 0.15) is 5.56 Å². The van der Waals surface area contributed by atoms with Crippen molar-refractivity contribution in [2.24, 2.45) is 5.14 Å². The third kappa shape index (κ3) is 3.26. The highest BCUT2D eigenvalue weighted by Crippen LogP contribution is 2.23. The lowest BCUT2D eigenvalue weighted by Gasteiger charge is -2.09. The van der Waals surface area contributed by atoms with Crippen molar-refractivity contribution in [3.05, 3.63) is 29.6 Å². The van der Waals surface area contributed by atoms with Crippen molar-refractivity contribution < 1.29 is 17.5 Å². The van der Waals surface area contributed by atoms with E-state index in [1.54, 1.807) is 13.0 Å². The van der Waals surface area contributed by atoms with Crippen molar-refractivity contribution in [3.63, 3.8) is 0 Å². The molecule has 0 spiro atoms. The molecule has 7 nitrogen and oxygen atoms in total. The molecule has 2 N–H and O–H groups in total. The van der Waals surface area contributed by atoms with E-state index < -0.39 is 21.0 Å².